The van der Waals surface area contributed by atoms with Gasteiger partial charge in [0.25, 0.3) is 5.91 Å². The number of aliphatic carboxylic acids is 1. The number of carboxylic acids is 1. The first kappa shape index (κ1) is 12.0. The smallest absolute Gasteiger partial charge is 0.308 e. The summed E-state index contributed by atoms with van der Waals surface area (Å²) in [6.45, 7) is 0.303. The molecule has 1 amide bonds. The van der Waals surface area contributed by atoms with Crippen molar-refractivity contribution in [2.45, 2.75) is 18.9 Å². The first-order chi connectivity index (χ1) is 9.16. The monoisotopic (exact) mass is 257 g/mol. The van der Waals surface area contributed by atoms with Crippen LogP contribution in [0.15, 0.2) is 30.3 Å². The molecule has 2 heterocycles. The minimum atomic E-state index is -0.812. The molecular formula is C15H15NO3. The van der Waals surface area contributed by atoms with E-state index in [1.807, 2.05) is 30.4 Å². The van der Waals surface area contributed by atoms with Crippen LogP contribution in [0.1, 0.15) is 28.8 Å². The number of hydrogen-bond acceptors (Lipinski definition) is 2. The van der Waals surface area contributed by atoms with Crippen molar-refractivity contribution in [2.75, 3.05) is 6.54 Å². The number of amides is 1. The lowest BCUT2D eigenvalue weighted by Crippen LogP contribution is -2.47. The molecule has 2 aliphatic heterocycles. The zero-order chi connectivity index (χ0) is 13.4. The molecule has 2 atom stereocenters. The summed E-state index contributed by atoms with van der Waals surface area (Å²) in [5.41, 5.74) is 1.57. The van der Waals surface area contributed by atoms with Crippen LogP contribution in [0, 0.1) is 5.92 Å². The molecule has 1 saturated heterocycles. The fourth-order valence-electron chi connectivity index (χ4n) is 2.83. The Kier molecular flexibility index (Phi) is 2.85. The number of benzene rings is 1. The molecule has 1 fully saturated rings. The number of rotatable bonds is 1. The summed E-state index contributed by atoms with van der Waals surface area (Å²) >= 11 is 0. The van der Waals surface area contributed by atoms with Crippen LogP contribution < -0.4 is 0 Å². The van der Waals surface area contributed by atoms with Crippen LogP contribution in [0.5, 0.6) is 0 Å². The van der Waals surface area contributed by atoms with Crippen LogP contribution in [-0.4, -0.2) is 34.5 Å². The third-order valence-corrected chi connectivity index (χ3v) is 3.93. The second kappa shape index (κ2) is 4.53. The summed E-state index contributed by atoms with van der Waals surface area (Å²) in [5.74, 6) is -1.32. The molecule has 3 rings (SSSR count). The molecule has 0 unspecified atom stereocenters. The fraction of sp³-hybridized carbons (Fsp3) is 0.333. The van der Waals surface area contributed by atoms with Gasteiger partial charge in [-0.25, -0.2) is 0 Å². The summed E-state index contributed by atoms with van der Waals surface area (Å²) < 4.78 is 0. The summed E-state index contributed by atoms with van der Waals surface area (Å²) in [6.07, 6.45) is 5.33. The molecule has 0 saturated carbocycles. The minimum Gasteiger partial charge on any atom is -0.481 e. The quantitative estimate of drug-likeness (QED) is 0.837. The normalized spacial score (nSPS) is 25.5. The van der Waals surface area contributed by atoms with E-state index in [4.69, 9.17) is 5.11 Å². The average molecular weight is 257 g/mol. The van der Waals surface area contributed by atoms with Gasteiger partial charge in [0.2, 0.25) is 0 Å². The molecule has 1 aromatic carbocycles. The molecule has 0 aliphatic carbocycles. The number of nitrogens with zero attached hydrogens (tertiary/aromatic N) is 1. The van der Waals surface area contributed by atoms with Crippen LogP contribution in [-0.2, 0) is 4.79 Å². The van der Waals surface area contributed by atoms with E-state index in [-0.39, 0.29) is 11.9 Å². The highest BCUT2D eigenvalue weighted by Gasteiger charge is 2.35. The van der Waals surface area contributed by atoms with Crippen molar-refractivity contribution in [1.82, 2.24) is 4.90 Å². The highest BCUT2D eigenvalue weighted by atomic mass is 16.4. The van der Waals surface area contributed by atoms with Gasteiger partial charge in [0.1, 0.15) is 0 Å². The predicted molar refractivity (Wildman–Crippen MR) is 70.7 cm³/mol. The lowest BCUT2D eigenvalue weighted by Gasteiger charge is -2.36. The summed E-state index contributed by atoms with van der Waals surface area (Å²) in [5, 5.41) is 9.12. The lowest BCUT2D eigenvalue weighted by molar-refractivity contribution is -0.143. The number of piperidine rings is 1. The standard InChI is InChI=1S/C15H15NO3/c17-14-13-4-2-1-3-10(13)5-7-12-8-6-11(15(18)19)9-16(12)14/h1-5,7,11-12H,6,8-9H2,(H,18,19)/t11-,12+/m1/s1. The van der Waals surface area contributed by atoms with Gasteiger partial charge >= 0.3 is 5.97 Å². The summed E-state index contributed by atoms with van der Waals surface area (Å²) in [6, 6.07) is 7.48. The summed E-state index contributed by atoms with van der Waals surface area (Å²) in [7, 11) is 0. The Morgan fingerprint density at radius 2 is 2.05 bits per heavy atom. The third-order valence-electron chi connectivity index (χ3n) is 3.93. The van der Waals surface area contributed by atoms with E-state index in [9.17, 15) is 9.59 Å². The number of carbonyl (C=O) groups is 2. The van der Waals surface area contributed by atoms with Crippen LogP contribution >= 0.6 is 0 Å². The number of fused-ring (bicyclic) bond motifs is 2. The molecule has 1 N–H and O–H groups in total. The first-order valence-corrected chi connectivity index (χ1v) is 6.48. The van der Waals surface area contributed by atoms with Crippen molar-refractivity contribution in [3.05, 3.63) is 41.5 Å². The van der Waals surface area contributed by atoms with Gasteiger partial charge < -0.3 is 10.0 Å². The molecule has 0 spiro atoms. The van der Waals surface area contributed by atoms with E-state index >= 15 is 0 Å². The molecule has 2 aliphatic rings. The van der Waals surface area contributed by atoms with E-state index in [0.29, 0.717) is 24.9 Å². The molecule has 19 heavy (non-hydrogen) atoms. The first-order valence-electron chi connectivity index (χ1n) is 6.48. The molecule has 0 radical (unpaired) electrons. The Hall–Kier alpha value is -2.10. The van der Waals surface area contributed by atoms with Gasteiger partial charge in [-0.15, -0.1) is 0 Å². The van der Waals surface area contributed by atoms with Crippen LogP contribution in [0.4, 0.5) is 0 Å². The van der Waals surface area contributed by atoms with Gasteiger partial charge in [0.15, 0.2) is 0 Å². The van der Waals surface area contributed by atoms with Crippen molar-refractivity contribution >= 4 is 18.0 Å². The molecule has 0 bridgehead atoms. The Labute approximate surface area is 111 Å². The minimum absolute atomic E-state index is 0.0236. The van der Waals surface area contributed by atoms with Crippen molar-refractivity contribution in [2.24, 2.45) is 5.92 Å². The predicted octanol–water partition coefficient (Wildman–Crippen LogP) is 2.02. The SMILES string of the molecule is O=C(O)[C@@H]1CC[C@@H]2C=Cc3ccccc3C(=O)N2C1. The second-order valence-electron chi connectivity index (χ2n) is 5.08. The molecular weight excluding hydrogens is 242 g/mol. The lowest BCUT2D eigenvalue weighted by atomic mass is 9.92. The van der Waals surface area contributed by atoms with Gasteiger partial charge in [-0.1, -0.05) is 30.4 Å². The molecule has 4 nitrogen and oxygen atoms in total. The maximum absolute atomic E-state index is 12.5. The van der Waals surface area contributed by atoms with E-state index in [1.54, 1.807) is 11.0 Å². The maximum Gasteiger partial charge on any atom is 0.308 e. The van der Waals surface area contributed by atoms with Gasteiger partial charge in [0, 0.05) is 12.1 Å². The van der Waals surface area contributed by atoms with E-state index in [1.165, 1.54) is 0 Å². The van der Waals surface area contributed by atoms with Crippen LogP contribution in [0.25, 0.3) is 6.08 Å². The average Bonchev–Trinajstić information content (AvgIpc) is 2.57. The maximum atomic E-state index is 12.5. The van der Waals surface area contributed by atoms with Crippen LogP contribution in [0.3, 0.4) is 0 Å². The highest BCUT2D eigenvalue weighted by molar-refractivity contribution is 5.99. The van der Waals surface area contributed by atoms with E-state index in [2.05, 4.69) is 0 Å². The van der Waals surface area contributed by atoms with E-state index < -0.39 is 11.9 Å². The molecule has 0 aromatic heterocycles. The van der Waals surface area contributed by atoms with Gasteiger partial charge in [0.05, 0.1) is 12.0 Å². The highest BCUT2D eigenvalue weighted by Crippen LogP contribution is 2.29. The largest absolute Gasteiger partial charge is 0.481 e. The molecule has 1 aromatic rings. The Morgan fingerprint density at radius 3 is 2.84 bits per heavy atom. The van der Waals surface area contributed by atoms with Gasteiger partial charge in [-0.2, -0.15) is 0 Å². The topological polar surface area (TPSA) is 57.6 Å². The third kappa shape index (κ3) is 2.03. The van der Waals surface area contributed by atoms with Gasteiger partial charge in [-0.05, 0) is 24.5 Å². The Morgan fingerprint density at radius 1 is 1.26 bits per heavy atom. The molecule has 98 valence electrons. The number of hydrogen-bond donors (Lipinski definition) is 1. The number of carbonyl (C=O) groups excluding carboxylic acids is 1. The van der Waals surface area contributed by atoms with Crippen molar-refractivity contribution in [3.63, 3.8) is 0 Å². The Bertz CT molecular complexity index is 564. The second-order valence-corrected chi connectivity index (χ2v) is 5.08. The van der Waals surface area contributed by atoms with Crippen LogP contribution in [0.2, 0.25) is 0 Å². The van der Waals surface area contributed by atoms with Crippen molar-refractivity contribution in [1.29, 1.82) is 0 Å². The van der Waals surface area contributed by atoms with Crippen molar-refractivity contribution < 1.29 is 14.7 Å². The fourth-order valence-corrected chi connectivity index (χ4v) is 2.83. The van der Waals surface area contributed by atoms with E-state index in [0.717, 1.165) is 5.56 Å². The summed E-state index contributed by atoms with van der Waals surface area (Å²) in [4.78, 5) is 25.3. The zero-order valence-corrected chi connectivity index (χ0v) is 10.5. The zero-order valence-electron chi connectivity index (χ0n) is 10.5. The number of carboxylic acid groups (broad SMARTS) is 1. The van der Waals surface area contributed by atoms with Crippen molar-refractivity contribution in [3.8, 4) is 0 Å². The molecule has 4 heteroatoms. The Balaban J connectivity index is 1.96. The van der Waals surface area contributed by atoms with Gasteiger partial charge in [-0.3, -0.25) is 9.59 Å².